The standard InChI is InChI=1S/C6H13N5O2S/c1-5(2-7)14(12,13)10-3-6-8-4-9-11-6/h4-5,10H,2-3,7H2,1H3,(H,8,9,11). The van der Waals surface area contributed by atoms with E-state index in [9.17, 15) is 8.42 Å². The molecule has 0 radical (unpaired) electrons. The molecule has 0 saturated heterocycles. The van der Waals surface area contributed by atoms with E-state index >= 15 is 0 Å². The SMILES string of the molecule is CC(CN)S(=O)(=O)NCc1ncn[nH]1. The highest BCUT2D eigenvalue weighted by Gasteiger charge is 2.18. The summed E-state index contributed by atoms with van der Waals surface area (Å²) in [5.41, 5.74) is 5.25. The van der Waals surface area contributed by atoms with Crippen molar-refractivity contribution in [1.82, 2.24) is 19.9 Å². The third kappa shape index (κ3) is 2.76. The van der Waals surface area contributed by atoms with Crippen molar-refractivity contribution in [3.05, 3.63) is 12.2 Å². The number of hydrogen-bond acceptors (Lipinski definition) is 5. The van der Waals surface area contributed by atoms with Gasteiger partial charge in [0.05, 0.1) is 11.8 Å². The van der Waals surface area contributed by atoms with E-state index in [1.165, 1.54) is 6.33 Å². The second kappa shape index (κ2) is 4.49. The van der Waals surface area contributed by atoms with Crippen LogP contribution in [0.25, 0.3) is 0 Å². The first-order valence-electron chi connectivity index (χ1n) is 4.09. The van der Waals surface area contributed by atoms with Crippen LogP contribution >= 0.6 is 0 Å². The third-order valence-electron chi connectivity index (χ3n) is 1.77. The molecule has 0 aliphatic rings. The fraction of sp³-hybridized carbons (Fsp3) is 0.667. The summed E-state index contributed by atoms with van der Waals surface area (Å²) in [5.74, 6) is 0.470. The van der Waals surface area contributed by atoms with Gasteiger partial charge in [-0.05, 0) is 6.92 Å². The van der Waals surface area contributed by atoms with Crippen LogP contribution in [0.3, 0.4) is 0 Å². The summed E-state index contributed by atoms with van der Waals surface area (Å²) in [6, 6.07) is 0. The zero-order valence-electron chi connectivity index (χ0n) is 7.77. The summed E-state index contributed by atoms with van der Waals surface area (Å²) >= 11 is 0. The lowest BCUT2D eigenvalue weighted by Crippen LogP contribution is -2.36. The molecule has 1 heterocycles. The van der Waals surface area contributed by atoms with E-state index in [2.05, 4.69) is 19.9 Å². The fourth-order valence-corrected chi connectivity index (χ4v) is 1.63. The van der Waals surface area contributed by atoms with Gasteiger partial charge in [-0.3, -0.25) is 5.10 Å². The van der Waals surface area contributed by atoms with Crippen molar-refractivity contribution >= 4 is 10.0 Å². The van der Waals surface area contributed by atoms with Gasteiger partial charge in [-0.2, -0.15) is 5.10 Å². The number of hydrogen-bond donors (Lipinski definition) is 3. The van der Waals surface area contributed by atoms with Crippen LogP contribution in [0.4, 0.5) is 0 Å². The van der Waals surface area contributed by atoms with Gasteiger partial charge in [-0.15, -0.1) is 0 Å². The number of aromatic nitrogens is 3. The summed E-state index contributed by atoms with van der Waals surface area (Å²) in [6.45, 7) is 1.74. The molecule has 7 nitrogen and oxygen atoms in total. The molecule has 0 amide bonds. The van der Waals surface area contributed by atoms with Crippen LogP contribution < -0.4 is 10.5 Å². The minimum Gasteiger partial charge on any atom is -0.329 e. The summed E-state index contributed by atoms with van der Waals surface area (Å²) in [4.78, 5) is 3.78. The maximum absolute atomic E-state index is 11.4. The van der Waals surface area contributed by atoms with E-state index in [4.69, 9.17) is 5.73 Å². The van der Waals surface area contributed by atoms with Crippen LogP contribution in [-0.2, 0) is 16.6 Å². The molecule has 0 aliphatic heterocycles. The van der Waals surface area contributed by atoms with Crippen LogP contribution in [0.2, 0.25) is 0 Å². The van der Waals surface area contributed by atoms with E-state index in [0.29, 0.717) is 5.82 Å². The van der Waals surface area contributed by atoms with E-state index < -0.39 is 15.3 Å². The zero-order valence-corrected chi connectivity index (χ0v) is 8.58. The first-order chi connectivity index (χ1) is 6.56. The van der Waals surface area contributed by atoms with E-state index in [-0.39, 0.29) is 13.1 Å². The van der Waals surface area contributed by atoms with Gasteiger partial charge in [-0.25, -0.2) is 18.1 Å². The van der Waals surface area contributed by atoms with E-state index in [1.54, 1.807) is 6.92 Å². The summed E-state index contributed by atoms with van der Waals surface area (Å²) in [7, 11) is -3.35. The van der Waals surface area contributed by atoms with Gasteiger partial charge in [0.2, 0.25) is 10.0 Å². The molecule has 0 spiro atoms. The topological polar surface area (TPSA) is 114 Å². The maximum atomic E-state index is 11.4. The molecule has 1 aromatic heterocycles. The van der Waals surface area contributed by atoms with Crippen molar-refractivity contribution < 1.29 is 8.42 Å². The lowest BCUT2D eigenvalue weighted by Gasteiger charge is -2.10. The van der Waals surface area contributed by atoms with Crippen molar-refractivity contribution in [2.45, 2.75) is 18.7 Å². The molecule has 14 heavy (non-hydrogen) atoms. The van der Waals surface area contributed by atoms with E-state index in [0.717, 1.165) is 0 Å². The monoisotopic (exact) mass is 219 g/mol. The predicted octanol–water partition coefficient (Wildman–Crippen LogP) is -1.43. The molecule has 0 aliphatic carbocycles. The smallest absolute Gasteiger partial charge is 0.215 e. The largest absolute Gasteiger partial charge is 0.329 e. The molecule has 0 bridgehead atoms. The Kier molecular flexibility index (Phi) is 3.55. The molecule has 0 aromatic carbocycles. The van der Waals surface area contributed by atoms with Crippen molar-refractivity contribution in [1.29, 1.82) is 0 Å². The van der Waals surface area contributed by atoms with Crippen LogP contribution in [0, 0.1) is 0 Å². The first kappa shape index (κ1) is 11.1. The van der Waals surface area contributed by atoms with Crippen LogP contribution in [0.1, 0.15) is 12.7 Å². The molecular weight excluding hydrogens is 206 g/mol. The number of nitrogens with two attached hydrogens (primary N) is 1. The fourth-order valence-electron chi connectivity index (χ4n) is 0.754. The molecule has 0 fully saturated rings. The normalized spacial score (nSPS) is 14.1. The Morgan fingerprint density at radius 3 is 2.93 bits per heavy atom. The molecule has 1 rings (SSSR count). The average molecular weight is 219 g/mol. The highest BCUT2D eigenvalue weighted by molar-refractivity contribution is 7.90. The first-order valence-corrected chi connectivity index (χ1v) is 5.63. The van der Waals surface area contributed by atoms with Crippen molar-refractivity contribution in [2.75, 3.05) is 6.54 Å². The predicted molar refractivity (Wildman–Crippen MR) is 50.7 cm³/mol. The summed E-state index contributed by atoms with van der Waals surface area (Å²) < 4.78 is 25.2. The number of aromatic amines is 1. The minimum absolute atomic E-state index is 0.0890. The average Bonchev–Trinajstić information content (AvgIpc) is 2.66. The molecule has 80 valence electrons. The number of H-pyrrole nitrogens is 1. The quantitative estimate of drug-likeness (QED) is 0.562. The molecule has 1 unspecified atom stereocenters. The Morgan fingerprint density at radius 1 is 1.71 bits per heavy atom. The van der Waals surface area contributed by atoms with Gasteiger partial charge in [0.15, 0.2) is 0 Å². The lowest BCUT2D eigenvalue weighted by atomic mass is 10.5. The second-order valence-electron chi connectivity index (χ2n) is 2.84. The molecule has 8 heteroatoms. The molecule has 1 atom stereocenters. The second-order valence-corrected chi connectivity index (χ2v) is 5.03. The van der Waals surface area contributed by atoms with Crippen LogP contribution in [0.5, 0.6) is 0 Å². The van der Waals surface area contributed by atoms with Gasteiger partial charge in [0, 0.05) is 6.54 Å². The van der Waals surface area contributed by atoms with Gasteiger partial charge in [0.25, 0.3) is 0 Å². The number of rotatable bonds is 5. The third-order valence-corrected chi connectivity index (χ3v) is 3.57. The lowest BCUT2D eigenvalue weighted by molar-refractivity contribution is 0.567. The summed E-state index contributed by atoms with van der Waals surface area (Å²) in [6.07, 6.45) is 1.32. The van der Waals surface area contributed by atoms with Crippen LogP contribution in [-0.4, -0.2) is 35.4 Å². The maximum Gasteiger partial charge on any atom is 0.215 e. The molecule has 4 N–H and O–H groups in total. The Morgan fingerprint density at radius 2 is 2.43 bits per heavy atom. The Labute approximate surface area is 82.2 Å². The Hall–Kier alpha value is -0.990. The highest BCUT2D eigenvalue weighted by Crippen LogP contribution is 1.96. The number of nitrogens with zero attached hydrogens (tertiary/aromatic N) is 2. The van der Waals surface area contributed by atoms with Gasteiger partial charge >= 0.3 is 0 Å². The van der Waals surface area contributed by atoms with Crippen molar-refractivity contribution in [3.63, 3.8) is 0 Å². The number of sulfonamides is 1. The molecular formula is C6H13N5O2S. The molecule has 0 saturated carbocycles. The zero-order chi connectivity index (χ0) is 10.6. The van der Waals surface area contributed by atoms with E-state index in [1.807, 2.05) is 0 Å². The highest BCUT2D eigenvalue weighted by atomic mass is 32.2. The summed E-state index contributed by atoms with van der Waals surface area (Å²) in [5, 5.41) is 5.53. The van der Waals surface area contributed by atoms with Crippen molar-refractivity contribution in [2.24, 2.45) is 5.73 Å². The Balaban J connectivity index is 2.53. The minimum atomic E-state index is -3.35. The molecule has 1 aromatic rings. The Bertz CT molecular complexity index is 360. The van der Waals surface area contributed by atoms with Crippen molar-refractivity contribution in [3.8, 4) is 0 Å². The van der Waals surface area contributed by atoms with Gasteiger partial charge in [0.1, 0.15) is 12.2 Å². The number of nitrogens with one attached hydrogen (secondary N) is 2. The van der Waals surface area contributed by atoms with Crippen LogP contribution in [0.15, 0.2) is 6.33 Å². The van der Waals surface area contributed by atoms with Gasteiger partial charge in [-0.1, -0.05) is 0 Å². The van der Waals surface area contributed by atoms with Gasteiger partial charge < -0.3 is 5.73 Å².